The van der Waals surface area contributed by atoms with Gasteiger partial charge < -0.3 is 0 Å². The molecule has 0 atom stereocenters. The lowest BCUT2D eigenvalue weighted by atomic mass is 9.71. The van der Waals surface area contributed by atoms with Crippen LogP contribution in [0.25, 0.3) is 0 Å². The number of hydrogen-bond acceptors (Lipinski definition) is 3. The maximum Gasteiger partial charge on any atom is 0.169 e. The van der Waals surface area contributed by atoms with Crippen molar-refractivity contribution >= 4 is 5.78 Å². The SMILES string of the molecule is CC1(C)CCC(C(=O)c2cncnc2)CC1. The fraction of sp³-hybridized carbons (Fsp3) is 0.615. The van der Waals surface area contributed by atoms with E-state index in [9.17, 15) is 4.79 Å². The summed E-state index contributed by atoms with van der Waals surface area (Å²) in [6.45, 7) is 4.55. The number of nitrogens with zero attached hydrogens (tertiary/aromatic N) is 2. The van der Waals surface area contributed by atoms with E-state index in [0.29, 0.717) is 11.0 Å². The molecule has 0 aromatic carbocycles. The summed E-state index contributed by atoms with van der Waals surface area (Å²) in [7, 11) is 0. The maximum atomic E-state index is 12.1. The third-order valence-corrected chi connectivity index (χ3v) is 3.56. The molecule has 1 aliphatic rings. The summed E-state index contributed by atoms with van der Waals surface area (Å²) in [5.74, 6) is 0.398. The lowest BCUT2D eigenvalue weighted by Crippen LogP contribution is -2.26. The van der Waals surface area contributed by atoms with E-state index in [1.807, 2.05) is 0 Å². The molecule has 1 aliphatic carbocycles. The van der Waals surface area contributed by atoms with Gasteiger partial charge in [-0.3, -0.25) is 4.79 Å². The standard InChI is InChI=1S/C13H18N2O/c1-13(2)5-3-10(4-6-13)12(16)11-7-14-9-15-8-11/h7-10H,3-6H2,1-2H3. The minimum Gasteiger partial charge on any atom is -0.294 e. The first-order valence-corrected chi connectivity index (χ1v) is 5.88. The van der Waals surface area contributed by atoms with Gasteiger partial charge in [-0.1, -0.05) is 13.8 Å². The van der Waals surface area contributed by atoms with Crippen molar-refractivity contribution in [1.29, 1.82) is 0 Å². The summed E-state index contributed by atoms with van der Waals surface area (Å²) in [5, 5.41) is 0. The van der Waals surface area contributed by atoms with Gasteiger partial charge in [0.2, 0.25) is 0 Å². The zero-order valence-corrected chi connectivity index (χ0v) is 9.94. The number of hydrogen-bond donors (Lipinski definition) is 0. The third-order valence-electron chi connectivity index (χ3n) is 3.56. The molecule has 1 saturated carbocycles. The predicted molar refractivity (Wildman–Crippen MR) is 62.1 cm³/mol. The van der Waals surface area contributed by atoms with Crippen molar-refractivity contribution in [3.05, 3.63) is 24.3 Å². The van der Waals surface area contributed by atoms with Gasteiger partial charge in [-0.25, -0.2) is 9.97 Å². The summed E-state index contributed by atoms with van der Waals surface area (Å²) < 4.78 is 0. The normalized spacial score (nSPS) is 20.6. The number of rotatable bonds is 2. The lowest BCUT2D eigenvalue weighted by molar-refractivity contribution is 0.0837. The Bertz CT molecular complexity index is 363. The second-order valence-electron chi connectivity index (χ2n) is 5.43. The first kappa shape index (κ1) is 11.2. The molecule has 0 spiro atoms. The Labute approximate surface area is 96.3 Å². The van der Waals surface area contributed by atoms with Crippen molar-refractivity contribution in [3.63, 3.8) is 0 Å². The van der Waals surface area contributed by atoms with Gasteiger partial charge in [0, 0.05) is 18.3 Å². The molecule has 0 N–H and O–H groups in total. The van der Waals surface area contributed by atoms with E-state index < -0.39 is 0 Å². The monoisotopic (exact) mass is 218 g/mol. The number of ketones is 1. The van der Waals surface area contributed by atoms with Crippen molar-refractivity contribution in [2.75, 3.05) is 0 Å². The van der Waals surface area contributed by atoms with Gasteiger partial charge in [-0.2, -0.15) is 0 Å². The van der Waals surface area contributed by atoms with Gasteiger partial charge in [-0.15, -0.1) is 0 Å². The minimum atomic E-state index is 0.180. The molecule has 16 heavy (non-hydrogen) atoms. The number of Topliss-reactive ketones (excluding diaryl/α,β-unsaturated/α-hetero) is 1. The topological polar surface area (TPSA) is 42.9 Å². The van der Waals surface area contributed by atoms with Crippen LogP contribution < -0.4 is 0 Å². The van der Waals surface area contributed by atoms with E-state index in [1.54, 1.807) is 12.4 Å². The minimum absolute atomic E-state index is 0.180. The Morgan fingerprint density at radius 3 is 2.38 bits per heavy atom. The molecule has 0 saturated heterocycles. The fourth-order valence-corrected chi connectivity index (χ4v) is 2.32. The Morgan fingerprint density at radius 2 is 1.81 bits per heavy atom. The summed E-state index contributed by atoms with van der Waals surface area (Å²) in [4.78, 5) is 19.9. The summed E-state index contributed by atoms with van der Waals surface area (Å²) in [6.07, 6.45) is 8.97. The molecule has 1 fully saturated rings. The fourth-order valence-electron chi connectivity index (χ4n) is 2.32. The van der Waals surface area contributed by atoms with E-state index in [1.165, 1.54) is 6.33 Å². The summed E-state index contributed by atoms with van der Waals surface area (Å²) in [6, 6.07) is 0. The highest BCUT2D eigenvalue weighted by Gasteiger charge is 2.30. The number of aromatic nitrogens is 2. The van der Waals surface area contributed by atoms with Crippen LogP contribution in [0.1, 0.15) is 49.9 Å². The summed E-state index contributed by atoms with van der Waals surface area (Å²) >= 11 is 0. The van der Waals surface area contributed by atoms with Crippen LogP contribution in [0.3, 0.4) is 0 Å². The molecular weight excluding hydrogens is 200 g/mol. The van der Waals surface area contributed by atoms with Gasteiger partial charge in [0.1, 0.15) is 6.33 Å². The molecule has 0 aliphatic heterocycles. The summed E-state index contributed by atoms with van der Waals surface area (Å²) in [5.41, 5.74) is 1.07. The van der Waals surface area contributed by atoms with Crippen LogP contribution in [-0.4, -0.2) is 15.8 Å². The molecule has 1 aromatic rings. The first-order valence-electron chi connectivity index (χ1n) is 5.88. The maximum absolute atomic E-state index is 12.1. The first-order chi connectivity index (χ1) is 7.58. The van der Waals surface area contributed by atoms with Crippen LogP contribution in [0.4, 0.5) is 0 Å². The highest BCUT2D eigenvalue weighted by atomic mass is 16.1. The van der Waals surface area contributed by atoms with E-state index in [0.717, 1.165) is 25.7 Å². The highest BCUT2D eigenvalue weighted by Crippen LogP contribution is 2.38. The molecule has 1 heterocycles. The van der Waals surface area contributed by atoms with Gasteiger partial charge >= 0.3 is 0 Å². The van der Waals surface area contributed by atoms with Gasteiger partial charge in [0.15, 0.2) is 5.78 Å². The zero-order valence-electron chi connectivity index (χ0n) is 9.94. The van der Waals surface area contributed by atoms with Gasteiger partial charge in [0.05, 0.1) is 5.56 Å². The number of carbonyl (C=O) groups excluding carboxylic acids is 1. The second kappa shape index (κ2) is 4.32. The molecule has 0 unspecified atom stereocenters. The molecule has 86 valence electrons. The lowest BCUT2D eigenvalue weighted by Gasteiger charge is -2.33. The van der Waals surface area contributed by atoms with Gasteiger partial charge in [0.25, 0.3) is 0 Å². The smallest absolute Gasteiger partial charge is 0.169 e. The van der Waals surface area contributed by atoms with Crippen molar-refractivity contribution in [2.24, 2.45) is 11.3 Å². The molecule has 0 amide bonds. The Hall–Kier alpha value is -1.25. The molecule has 3 nitrogen and oxygen atoms in total. The number of carbonyl (C=O) groups is 1. The Balaban J connectivity index is 2.03. The van der Waals surface area contributed by atoms with Crippen LogP contribution in [0, 0.1) is 11.3 Å². The molecule has 1 aromatic heterocycles. The third kappa shape index (κ3) is 2.46. The van der Waals surface area contributed by atoms with E-state index >= 15 is 0 Å². The van der Waals surface area contributed by atoms with Crippen molar-refractivity contribution in [3.8, 4) is 0 Å². The highest BCUT2D eigenvalue weighted by molar-refractivity contribution is 5.97. The Morgan fingerprint density at radius 1 is 1.25 bits per heavy atom. The molecule has 3 heteroatoms. The second-order valence-corrected chi connectivity index (χ2v) is 5.43. The van der Waals surface area contributed by atoms with Crippen molar-refractivity contribution in [2.45, 2.75) is 39.5 Å². The Kier molecular flexibility index (Phi) is 3.03. The largest absolute Gasteiger partial charge is 0.294 e. The van der Waals surface area contributed by atoms with E-state index in [4.69, 9.17) is 0 Å². The van der Waals surface area contributed by atoms with E-state index in [2.05, 4.69) is 23.8 Å². The van der Waals surface area contributed by atoms with Crippen molar-refractivity contribution < 1.29 is 4.79 Å². The van der Waals surface area contributed by atoms with Crippen LogP contribution in [0.15, 0.2) is 18.7 Å². The van der Waals surface area contributed by atoms with Crippen molar-refractivity contribution in [1.82, 2.24) is 9.97 Å². The zero-order chi connectivity index (χ0) is 11.6. The van der Waals surface area contributed by atoms with Crippen LogP contribution in [0.5, 0.6) is 0 Å². The average Bonchev–Trinajstić information content (AvgIpc) is 2.29. The van der Waals surface area contributed by atoms with E-state index in [-0.39, 0.29) is 11.7 Å². The van der Waals surface area contributed by atoms with Crippen LogP contribution in [0.2, 0.25) is 0 Å². The van der Waals surface area contributed by atoms with Crippen LogP contribution >= 0.6 is 0 Å². The quantitative estimate of drug-likeness (QED) is 0.717. The molecule has 0 bridgehead atoms. The van der Waals surface area contributed by atoms with Gasteiger partial charge in [-0.05, 0) is 31.1 Å². The molecule has 2 rings (SSSR count). The predicted octanol–water partition coefficient (Wildman–Crippen LogP) is 2.88. The molecule has 0 radical (unpaired) electrons. The molecular formula is C13H18N2O. The van der Waals surface area contributed by atoms with Crippen LogP contribution in [-0.2, 0) is 0 Å². The average molecular weight is 218 g/mol.